The minimum Gasteiger partial charge on any atom is -1.00 e. The van der Waals surface area contributed by atoms with Crippen LogP contribution in [0.5, 0.6) is 0 Å². The van der Waals surface area contributed by atoms with Gasteiger partial charge in [-0.1, -0.05) is 0 Å². The molecular formula is C5H13BaNO2P+. The number of quaternary nitrogens is 1. The van der Waals surface area contributed by atoms with E-state index in [0.717, 1.165) is 0 Å². The van der Waals surface area contributed by atoms with E-state index in [2.05, 4.69) is 5.75 Å². The third kappa shape index (κ3) is 7.61. The van der Waals surface area contributed by atoms with Crippen molar-refractivity contribution in [1.29, 1.82) is 0 Å². The first-order chi connectivity index (χ1) is 4.12. The fourth-order valence-corrected chi connectivity index (χ4v) is 0.732. The van der Waals surface area contributed by atoms with Crippen LogP contribution >= 0.6 is 7.92 Å². The van der Waals surface area contributed by atoms with Gasteiger partial charge >= 0.3 is 104 Å². The van der Waals surface area contributed by atoms with E-state index < -0.39 is 0 Å². The van der Waals surface area contributed by atoms with Crippen molar-refractivity contribution in [2.24, 2.45) is 0 Å². The summed E-state index contributed by atoms with van der Waals surface area (Å²) < 4.78 is 10.3. The first-order valence-electron chi connectivity index (χ1n) is 2.66. The van der Waals surface area contributed by atoms with Gasteiger partial charge in [0, 0.05) is 0 Å². The summed E-state index contributed by atoms with van der Waals surface area (Å²) in [4.78, 5) is 0. The molecule has 0 aliphatic carbocycles. The quantitative estimate of drug-likeness (QED) is 0.445. The normalized spacial score (nSPS) is 9.50. The van der Waals surface area contributed by atoms with E-state index in [9.17, 15) is 4.57 Å². The predicted molar refractivity (Wildman–Crippen MR) is 43.5 cm³/mol. The first kappa shape index (κ1) is 14.0. The van der Waals surface area contributed by atoms with Crippen LogP contribution in [0.25, 0.3) is 0 Å². The zero-order chi connectivity index (χ0) is 7.33. The van der Waals surface area contributed by atoms with Crippen molar-refractivity contribution in [2.45, 2.75) is 0 Å². The number of hydrogen-bond donors (Lipinski definition) is 1. The molecule has 5 heteroatoms. The van der Waals surface area contributed by atoms with Gasteiger partial charge in [0.1, 0.15) is 0 Å². The summed E-state index contributed by atoms with van der Waals surface area (Å²) in [6.07, 6.45) is 0. The van der Waals surface area contributed by atoms with E-state index in [-0.39, 0.29) is 66.3 Å². The summed E-state index contributed by atoms with van der Waals surface area (Å²) >= 11 is 0. The van der Waals surface area contributed by atoms with Crippen molar-refractivity contribution in [2.75, 3.05) is 27.2 Å². The molecule has 0 unspecified atom stereocenters. The fraction of sp³-hybridized carbons (Fsp3) is 0.800. The fourth-order valence-electron chi connectivity index (χ4n) is 0.411. The molecule has 10 heavy (non-hydrogen) atoms. The Kier molecular flexibility index (Phi) is 10.1. The molecule has 0 aliphatic heterocycles. The van der Waals surface area contributed by atoms with Crippen LogP contribution in [0.15, 0.2) is 0 Å². The monoisotopic (exact) mass is 288 g/mol. The average molecular weight is 287 g/mol. The molecule has 0 bridgehead atoms. The van der Waals surface area contributed by atoms with E-state index in [1.807, 2.05) is 14.1 Å². The molecule has 0 aromatic rings. The molecule has 0 radical (unpaired) electrons. The Labute approximate surface area is 106 Å². The third-order valence-electron chi connectivity index (χ3n) is 0.971. The second-order valence-corrected chi connectivity index (χ2v) is 2.71. The minimum absolute atomic E-state index is 0. The number of aliphatic hydroxyl groups is 1. The Morgan fingerprint density at radius 2 is 2.20 bits per heavy atom. The first-order valence-corrected chi connectivity index (χ1v) is 3.47. The smallest absolute Gasteiger partial charge is 1.00 e. The van der Waals surface area contributed by atoms with Crippen LogP contribution in [0.1, 0.15) is 2.85 Å². The second-order valence-electron chi connectivity index (χ2n) is 2.32. The van der Waals surface area contributed by atoms with E-state index >= 15 is 0 Å². The van der Waals surface area contributed by atoms with E-state index in [1.165, 1.54) is 0 Å². The summed E-state index contributed by atoms with van der Waals surface area (Å²) in [6, 6.07) is 0. The Morgan fingerprint density at radius 1 is 1.70 bits per heavy atom. The van der Waals surface area contributed by atoms with Gasteiger partial charge in [-0.05, 0) is 0 Å². The van der Waals surface area contributed by atoms with Crippen LogP contribution in [0.2, 0.25) is 0 Å². The van der Waals surface area contributed by atoms with Gasteiger partial charge in [0.15, 0.2) is 0 Å². The maximum Gasteiger partial charge on any atom is 2.00 e. The van der Waals surface area contributed by atoms with Crippen LogP contribution in [0.3, 0.4) is 0 Å². The van der Waals surface area contributed by atoms with E-state index in [4.69, 9.17) is 5.11 Å². The molecule has 0 fully saturated rings. The minimum atomic E-state index is -0.105. The Hall–Kier alpha value is 1.50. The zero-order valence-electron chi connectivity index (χ0n) is 8.37. The molecule has 0 amide bonds. The van der Waals surface area contributed by atoms with Crippen molar-refractivity contribution in [3.8, 4) is 5.75 Å². The van der Waals surface area contributed by atoms with Crippen molar-refractivity contribution in [3.05, 3.63) is 0 Å². The van der Waals surface area contributed by atoms with Gasteiger partial charge in [-0.25, -0.2) is 0 Å². The number of nitrogens with zero attached hydrogens (tertiary/aromatic N) is 1. The number of hydrogen-bond acceptors (Lipinski definition) is 2. The van der Waals surface area contributed by atoms with Crippen LogP contribution in [-0.4, -0.2) is 85.7 Å². The zero-order valence-corrected chi connectivity index (χ0v) is 11.7. The van der Waals surface area contributed by atoms with Gasteiger partial charge in [0.2, 0.25) is 0 Å². The van der Waals surface area contributed by atoms with Gasteiger partial charge in [0.05, 0.1) is 0 Å². The Bertz CT molecular complexity index is 183. The van der Waals surface area contributed by atoms with Crippen LogP contribution < -0.4 is 0 Å². The molecule has 0 rings (SSSR count). The van der Waals surface area contributed by atoms with Crippen molar-refractivity contribution < 1.29 is 17.0 Å². The van der Waals surface area contributed by atoms with Gasteiger partial charge < -0.3 is 2.85 Å². The van der Waals surface area contributed by atoms with Crippen LogP contribution in [-0.2, 0) is 4.57 Å². The molecule has 0 atom stereocenters. The molecule has 0 aromatic carbocycles. The van der Waals surface area contributed by atoms with Crippen molar-refractivity contribution in [3.63, 3.8) is 0 Å². The van der Waals surface area contributed by atoms with E-state index in [0.29, 0.717) is 11.0 Å². The van der Waals surface area contributed by atoms with Crippen LogP contribution in [0, 0.1) is 5.75 Å². The van der Waals surface area contributed by atoms with Gasteiger partial charge in [-0.2, -0.15) is 0 Å². The molecule has 56 valence electrons. The molecule has 0 saturated heterocycles. The average Bonchev–Trinajstić information content (AvgIpc) is 1.64. The standard InChI is InChI=1S/C5H11NO2P.Ba.2H/c1-6(2,3-4-7)5-9-8;;;/h7H,3-4H2,1-2H3;;;/q+1;+2;2*-1. The third-order valence-corrected chi connectivity index (χ3v) is 1.59. The number of rotatable bonds is 2. The topological polar surface area (TPSA) is 37.3 Å². The number of likely N-dealkylation sites (N-methyl/N-ethyl adjacent to an activating group) is 1. The number of aliphatic hydroxyl groups excluding tert-OH is 1. The Morgan fingerprint density at radius 3 is 2.50 bits per heavy atom. The van der Waals surface area contributed by atoms with Gasteiger partial charge in [0.25, 0.3) is 0 Å². The Balaban J connectivity index is -0.000000107. The molecular weight excluding hydrogens is 274 g/mol. The summed E-state index contributed by atoms with van der Waals surface area (Å²) in [5.74, 6) is 2.62. The molecule has 0 heterocycles. The molecule has 0 aromatic heterocycles. The molecule has 3 nitrogen and oxygen atoms in total. The summed E-state index contributed by atoms with van der Waals surface area (Å²) in [5, 5.41) is 8.47. The van der Waals surface area contributed by atoms with Gasteiger partial charge in [-0.3, -0.25) is 0 Å². The maximum atomic E-state index is 9.98. The van der Waals surface area contributed by atoms with Gasteiger partial charge in [-0.15, -0.1) is 0 Å². The van der Waals surface area contributed by atoms with Crippen molar-refractivity contribution in [1.82, 2.24) is 0 Å². The SMILES string of the molecule is C[N+](C)(C#P=O)CCO.[Ba+2].[H-].[H-]. The predicted octanol–water partition coefficient (Wildman–Crippen LogP) is 0.108. The summed E-state index contributed by atoms with van der Waals surface area (Å²) in [5.41, 5.74) is 0. The van der Waals surface area contributed by atoms with Crippen LogP contribution in [0.4, 0.5) is 0 Å². The molecule has 0 aliphatic rings. The molecule has 0 spiro atoms. The summed E-state index contributed by atoms with van der Waals surface area (Å²) in [7, 11) is 3.54. The van der Waals surface area contributed by atoms with E-state index in [1.54, 1.807) is 0 Å². The molecule has 1 N–H and O–H groups in total. The summed E-state index contributed by atoms with van der Waals surface area (Å²) in [6.45, 7) is 0.644. The van der Waals surface area contributed by atoms with Crippen molar-refractivity contribution >= 4 is 56.8 Å². The largest absolute Gasteiger partial charge is 2.00 e. The molecule has 0 saturated carbocycles. The maximum absolute atomic E-state index is 9.98. The second kappa shape index (κ2) is 7.17.